The van der Waals surface area contributed by atoms with Crippen LogP contribution in [-0.4, -0.2) is 57.9 Å². The molecule has 35 heavy (non-hydrogen) atoms. The Hall–Kier alpha value is -4.05. The molecule has 0 fully saturated rings. The van der Waals surface area contributed by atoms with Crippen molar-refractivity contribution in [1.82, 2.24) is 24.5 Å². The van der Waals surface area contributed by atoms with Crippen molar-refractivity contribution in [2.24, 2.45) is 0 Å². The normalized spacial score (nSPS) is 10.9. The molecule has 4 aromatic rings. The third-order valence-electron chi connectivity index (χ3n) is 5.28. The summed E-state index contributed by atoms with van der Waals surface area (Å²) < 4.78 is 12.5. The molecule has 4 heterocycles. The largest absolute Gasteiger partial charge is 0.481 e. The molecule has 0 saturated carbocycles. The van der Waals surface area contributed by atoms with Gasteiger partial charge in [0.25, 0.3) is 5.56 Å². The van der Waals surface area contributed by atoms with Crippen LogP contribution in [0.15, 0.2) is 59.8 Å². The fourth-order valence-corrected chi connectivity index (χ4v) is 3.53. The van der Waals surface area contributed by atoms with Gasteiger partial charge in [0.05, 0.1) is 19.2 Å². The number of aromatic nitrogens is 5. The Morgan fingerprint density at radius 2 is 1.83 bits per heavy atom. The smallest absolute Gasteiger partial charge is 0.293 e. The first-order valence-electron chi connectivity index (χ1n) is 11.6. The van der Waals surface area contributed by atoms with E-state index in [9.17, 15) is 4.79 Å². The van der Waals surface area contributed by atoms with Crippen LogP contribution in [0.4, 0.5) is 11.6 Å². The summed E-state index contributed by atoms with van der Waals surface area (Å²) in [4.78, 5) is 30.9. The lowest BCUT2D eigenvalue weighted by Crippen LogP contribution is -2.29. The predicted molar refractivity (Wildman–Crippen MR) is 136 cm³/mol. The second-order valence-corrected chi connectivity index (χ2v) is 7.75. The molecule has 0 aromatic carbocycles. The molecular weight excluding hydrogens is 446 g/mol. The SMILES string of the molecule is CCCOCCn1c(=O)c(NCCNc2ccccn2)nc2ncc(-c3ccc(OC)nc3)cc21. The van der Waals surface area contributed by atoms with E-state index >= 15 is 0 Å². The Kier molecular flexibility index (Phi) is 8.18. The van der Waals surface area contributed by atoms with Crippen LogP contribution in [0.2, 0.25) is 0 Å². The molecule has 0 spiro atoms. The second kappa shape index (κ2) is 11.9. The van der Waals surface area contributed by atoms with E-state index in [2.05, 4.69) is 30.6 Å². The lowest BCUT2D eigenvalue weighted by Gasteiger charge is -2.14. The molecule has 0 amide bonds. The fourth-order valence-electron chi connectivity index (χ4n) is 3.53. The summed E-state index contributed by atoms with van der Waals surface area (Å²) in [6.07, 6.45) is 6.08. The van der Waals surface area contributed by atoms with Crippen molar-refractivity contribution in [3.63, 3.8) is 0 Å². The molecule has 10 nitrogen and oxygen atoms in total. The van der Waals surface area contributed by atoms with E-state index in [1.165, 1.54) is 0 Å². The van der Waals surface area contributed by atoms with Crippen LogP contribution in [-0.2, 0) is 11.3 Å². The van der Waals surface area contributed by atoms with Crippen molar-refractivity contribution in [3.05, 3.63) is 65.3 Å². The fraction of sp³-hybridized carbons (Fsp3) is 0.320. The first kappa shape index (κ1) is 24.1. The summed E-state index contributed by atoms with van der Waals surface area (Å²) >= 11 is 0. The van der Waals surface area contributed by atoms with Gasteiger partial charge in [-0.15, -0.1) is 0 Å². The summed E-state index contributed by atoms with van der Waals surface area (Å²) in [5, 5.41) is 6.34. The average Bonchev–Trinajstić information content (AvgIpc) is 2.91. The Balaban J connectivity index is 1.59. The zero-order valence-corrected chi connectivity index (χ0v) is 19.9. The van der Waals surface area contributed by atoms with Gasteiger partial charge >= 0.3 is 0 Å². The van der Waals surface area contributed by atoms with Gasteiger partial charge in [0, 0.05) is 62.0 Å². The molecule has 0 aliphatic heterocycles. The van der Waals surface area contributed by atoms with E-state index in [4.69, 9.17) is 9.47 Å². The van der Waals surface area contributed by atoms with Crippen LogP contribution in [0.5, 0.6) is 5.88 Å². The molecule has 0 atom stereocenters. The predicted octanol–water partition coefficient (Wildman–Crippen LogP) is 3.21. The highest BCUT2D eigenvalue weighted by molar-refractivity contribution is 5.78. The van der Waals surface area contributed by atoms with Crippen molar-refractivity contribution in [3.8, 4) is 17.0 Å². The highest BCUT2D eigenvalue weighted by atomic mass is 16.5. The maximum atomic E-state index is 13.3. The number of rotatable bonds is 12. The van der Waals surface area contributed by atoms with E-state index in [0.29, 0.717) is 49.9 Å². The number of nitrogens with zero attached hydrogens (tertiary/aromatic N) is 5. The highest BCUT2D eigenvalue weighted by Crippen LogP contribution is 2.23. The molecule has 2 N–H and O–H groups in total. The zero-order chi connectivity index (χ0) is 24.5. The maximum Gasteiger partial charge on any atom is 0.293 e. The quantitative estimate of drug-likeness (QED) is 0.298. The molecule has 0 saturated heterocycles. The zero-order valence-electron chi connectivity index (χ0n) is 19.9. The van der Waals surface area contributed by atoms with Crippen molar-refractivity contribution in [1.29, 1.82) is 0 Å². The van der Waals surface area contributed by atoms with Gasteiger partial charge in [-0.3, -0.25) is 9.36 Å². The van der Waals surface area contributed by atoms with E-state index in [-0.39, 0.29) is 11.4 Å². The van der Waals surface area contributed by atoms with Crippen LogP contribution in [0.25, 0.3) is 22.3 Å². The summed E-state index contributed by atoms with van der Waals surface area (Å²) in [7, 11) is 1.57. The number of nitrogens with one attached hydrogen (secondary N) is 2. The molecule has 0 aliphatic rings. The van der Waals surface area contributed by atoms with Crippen molar-refractivity contribution >= 4 is 22.8 Å². The van der Waals surface area contributed by atoms with Gasteiger partial charge in [-0.05, 0) is 30.7 Å². The maximum absolute atomic E-state index is 13.3. The van der Waals surface area contributed by atoms with E-state index in [1.807, 2.05) is 37.3 Å². The number of anilines is 2. The van der Waals surface area contributed by atoms with E-state index in [1.54, 1.807) is 36.3 Å². The van der Waals surface area contributed by atoms with Gasteiger partial charge in [0.15, 0.2) is 11.5 Å². The Bertz CT molecular complexity index is 1290. The molecule has 0 bridgehead atoms. The van der Waals surface area contributed by atoms with Gasteiger partial charge < -0.3 is 20.1 Å². The lowest BCUT2D eigenvalue weighted by atomic mass is 10.1. The third-order valence-corrected chi connectivity index (χ3v) is 5.28. The average molecular weight is 476 g/mol. The van der Waals surface area contributed by atoms with Gasteiger partial charge in [0.2, 0.25) is 5.88 Å². The molecule has 4 aromatic heterocycles. The van der Waals surface area contributed by atoms with Gasteiger partial charge in [-0.25, -0.2) is 19.9 Å². The minimum atomic E-state index is -0.220. The number of ether oxygens (including phenoxy) is 2. The van der Waals surface area contributed by atoms with Crippen molar-refractivity contribution in [2.45, 2.75) is 19.9 Å². The molecule has 10 heteroatoms. The van der Waals surface area contributed by atoms with Crippen LogP contribution >= 0.6 is 0 Å². The monoisotopic (exact) mass is 475 g/mol. The van der Waals surface area contributed by atoms with Crippen molar-refractivity contribution < 1.29 is 9.47 Å². The number of fused-ring (bicyclic) bond motifs is 1. The Labute approximate surface area is 203 Å². The topological polar surface area (TPSA) is 116 Å². The van der Waals surface area contributed by atoms with E-state index in [0.717, 1.165) is 23.4 Å². The summed E-state index contributed by atoms with van der Waals surface area (Å²) in [6.45, 7) is 4.57. The molecular formula is C25H29N7O3. The first-order valence-corrected chi connectivity index (χ1v) is 11.6. The lowest BCUT2D eigenvalue weighted by molar-refractivity contribution is 0.127. The number of pyridine rings is 3. The number of hydrogen-bond acceptors (Lipinski definition) is 9. The van der Waals surface area contributed by atoms with Crippen molar-refractivity contribution in [2.75, 3.05) is 44.0 Å². The van der Waals surface area contributed by atoms with Gasteiger partial charge in [-0.1, -0.05) is 13.0 Å². The molecule has 0 unspecified atom stereocenters. The molecule has 0 radical (unpaired) electrons. The Morgan fingerprint density at radius 3 is 2.57 bits per heavy atom. The first-order chi connectivity index (χ1) is 17.2. The molecule has 0 aliphatic carbocycles. The minimum absolute atomic E-state index is 0.220. The Morgan fingerprint density at radius 1 is 0.971 bits per heavy atom. The van der Waals surface area contributed by atoms with Crippen LogP contribution in [0.1, 0.15) is 13.3 Å². The molecule has 182 valence electrons. The summed E-state index contributed by atoms with van der Waals surface area (Å²) in [6, 6.07) is 11.3. The molecule has 4 rings (SSSR count). The third kappa shape index (κ3) is 6.10. The second-order valence-electron chi connectivity index (χ2n) is 7.75. The number of methoxy groups -OCH3 is 1. The van der Waals surface area contributed by atoms with Crippen LogP contribution < -0.4 is 20.9 Å². The van der Waals surface area contributed by atoms with Crippen LogP contribution in [0, 0.1) is 0 Å². The van der Waals surface area contributed by atoms with Gasteiger partial charge in [0.1, 0.15) is 5.82 Å². The summed E-state index contributed by atoms with van der Waals surface area (Å²) in [5.41, 5.74) is 2.59. The summed E-state index contributed by atoms with van der Waals surface area (Å²) in [5.74, 6) is 1.55. The van der Waals surface area contributed by atoms with Crippen LogP contribution in [0.3, 0.4) is 0 Å². The van der Waals surface area contributed by atoms with E-state index < -0.39 is 0 Å². The number of hydrogen-bond donors (Lipinski definition) is 2. The minimum Gasteiger partial charge on any atom is -0.481 e. The highest BCUT2D eigenvalue weighted by Gasteiger charge is 2.13. The standard InChI is InChI=1S/C25H29N7O3/c1-3-13-35-14-12-32-20-15-19(18-7-8-22(34-2)29-16-18)17-30-23(20)31-24(25(32)33)28-11-10-27-21-6-4-5-9-26-21/h4-9,15-17H,3,10-14H2,1-2H3,(H,26,27)(H,28,30,31). The van der Waals surface area contributed by atoms with Gasteiger partial charge in [-0.2, -0.15) is 0 Å².